The molecule has 1 fully saturated rings. The van der Waals surface area contributed by atoms with Crippen molar-refractivity contribution in [2.24, 2.45) is 22.7 Å². The largest absolute Gasteiger partial charge is 0.349 e. The Kier molecular flexibility index (Phi) is 5.12. The van der Waals surface area contributed by atoms with Crippen LogP contribution in [0.2, 0.25) is 0 Å². The third kappa shape index (κ3) is 3.35. The van der Waals surface area contributed by atoms with Crippen LogP contribution in [0.3, 0.4) is 0 Å². The Hall–Kier alpha value is -1.36. The molecule has 4 nitrogen and oxygen atoms in total. The quantitative estimate of drug-likeness (QED) is 0.791. The van der Waals surface area contributed by atoms with Gasteiger partial charge in [-0.2, -0.15) is 0 Å². The molecule has 140 valence electrons. The van der Waals surface area contributed by atoms with Gasteiger partial charge in [0.05, 0.1) is 5.56 Å². The summed E-state index contributed by atoms with van der Waals surface area (Å²) in [6.45, 7) is 18.6. The van der Waals surface area contributed by atoms with Crippen molar-refractivity contribution in [1.82, 2.24) is 5.32 Å². The average molecular weight is 365 g/mol. The van der Waals surface area contributed by atoms with E-state index in [4.69, 9.17) is 0 Å². The Morgan fingerprint density at radius 1 is 1.04 bits per heavy atom. The van der Waals surface area contributed by atoms with E-state index in [0.29, 0.717) is 16.5 Å². The van der Waals surface area contributed by atoms with Crippen LogP contribution in [-0.4, -0.2) is 17.9 Å². The van der Waals surface area contributed by atoms with Gasteiger partial charge in [-0.05, 0) is 43.1 Å². The number of thiophene rings is 1. The number of aryl methyl sites for hydroxylation is 1. The van der Waals surface area contributed by atoms with Gasteiger partial charge in [-0.1, -0.05) is 41.5 Å². The summed E-state index contributed by atoms with van der Waals surface area (Å²) in [4.78, 5) is 26.6. The molecule has 0 radical (unpaired) electrons. The number of rotatable bonds is 5. The van der Waals surface area contributed by atoms with E-state index < -0.39 is 0 Å². The Morgan fingerprint density at radius 2 is 1.56 bits per heavy atom. The van der Waals surface area contributed by atoms with Crippen molar-refractivity contribution in [2.45, 2.75) is 68.4 Å². The predicted octanol–water partition coefficient (Wildman–Crippen LogP) is 4.76. The topological polar surface area (TPSA) is 58.2 Å². The van der Waals surface area contributed by atoms with E-state index >= 15 is 0 Å². The summed E-state index contributed by atoms with van der Waals surface area (Å²) < 4.78 is 0. The minimum atomic E-state index is -0.104. The summed E-state index contributed by atoms with van der Waals surface area (Å²) in [5, 5.41) is 6.78. The number of amides is 2. The third-order valence-electron chi connectivity index (χ3n) is 6.49. The van der Waals surface area contributed by atoms with Gasteiger partial charge in [0, 0.05) is 16.8 Å². The van der Waals surface area contributed by atoms with Crippen molar-refractivity contribution in [1.29, 1.82) is 0 Å². The first-order valence-electron chi connectivity index (χ1n) is 9.04. The molecule has 1 aromatic heterocycles. The molecule has 0 bridgehead atoms. The molecule has 1 unspecified atom stereocenters. The second-order valence-electron chi connectivity index (χ2n) is 8.86. The standard InChI is InChI=1S/C20H32N2O2S/c1-10(2)12(4)21-16(23)14-11(3)13(5)25-18(14)22-17(24)15-19(6,7)20(15,8)9/h10,12,15H,1-9H3,(H,21,23)(H,22,24). The number of hydrogen-bond donors (Lipinski definition) is 2. The molecule has 2 N–H and O–H groups in total. The molecule has 0 saturated heterocycles. The van der Waals surface area contributed by atoms with E-state index in [0.717, 1.165) is 10.4 Å². The van der Waals surface area contributed by atoms with Gasteiger partial charge in [0.25, 0.3) is 5.91 Å². The molecule has 0 spiro atoms. The lowest BCUT2D eigenvalue weighted by atomic mass is 10.0. The Labute approximate surface area is 155 Å². The lowest BCUT2D eigenvalue weighted by molar-refractivity contribution is -0.118. The highest BCUT2D eigenvalue weighted by atomic mass is 32.1. The highest BCUT2D eigenvalue weighted by molar-refractivity contribution is 7.16. The van der Waals surface area contributed by atoms with E-state index in [9.17, 15) is 9.59 Å². The van der Waals surface area contributed by atoms with E-state index in [1.54, 1.807) is 0 Å². The molecule has 1 atom stereocenters. The summed E-state index contributed by atoms with van der Waals surface area (Å²) in [5.41, 5.74) is 1.52. The Bertz CT molecular complexity index is 687. The first-order chi connectivity index (χ1) is 11.3. The molecule has 1 heterocycles. The van der Waals surface area contributed by atoms with Gasteiger partial charge in [-0.3, -0.25) is 9.59 Å². The van der Waals surface area contributed by atoms with Gasteiger partial charge < -0.3 is 10.6 Å². The smallest absolute Gasteiger partial charge is 0.254 e. The first-order valence-corrected chi connectivity index (χ1v) is 9.85. The van der Waals surface area contributed by atoms with E-state index in [1.165, 1.54) is 11.3 Å². The van der Waals surface area contributed by atoms with Gasteiger partial charge in [0.2, 0.25) is 5.91 Å². The highest BCUT2D eigenvalue weighted by Crippen LogP contribution is 2.68. The number of anilines is 1. The van der Waals surface area contributed by atoms with Crippen LogP contribution in [0.4, 0.5) is 5.00 Å². The molecule has 1 saturated carbocycles. The number of hydrogen-bond acceptors (Lipinski definition) is 3. The zero-order valence-corrected chi connectivity index (χ0v) is 17.8. The molecule has 1 aliphatic carbocycles. The molecule has 1 aromatic rings. The molecular weight excluding hydrogens is 332 g/mol. The van der Waals surface area contributed by atoms with Crippen molar-refractivity contribution in [2.75, 3.05) is 5.32 Å². The van der Waals surface area contributed by atoms with Gasteiger partial charge in [0.15, 0.2) is 0 Å². The summed E-state index contributed by atoms with van der Waals surface area (Å²) in [6.07, 6.45) is 0. The van der Waals surface area contributed by atoms with Gasteiger partial charge in [0.1, 0.15) is 5.00 Å². The highest BCUT2D eigenvalue weighted by Gasteiger charge is 2.68. The van der Waals surface area contributed by atoms with Crippen LogP contribution in [-0.2, 0) is 4.79 Å². The fourth-order valence-corrected chi connectivity index (χ4v) is 4.53. The SMILES string of the molecule is Cc1sc(NC(=O)C2C(C)(C)C2(C)C)c(C(=O)NC(C)C(C)C)c1C. The fraction of sp³-hybridized carbons (Fsp3) is 0.700. The van der Waals surface area contributed by atoms with Crippen LogP contribution in [0.25, 0.3) is 0 Å². The van der Waals surface area contributed by atoms with Crippen LogP contribution in [0.15, 0.2) is 0 Å². The van der Waals surface area contributed by atoms with Crippen molar-refractivity contribution >= 4 is 28.2 Å². The fourth-order valence-electron chi connectivity index (χ4n) is 3.47. The minimum Gasteiger partial charge on any atom is -0.349 e. The van der Waals surface area contributed by atoms with Crippen LogP contribution < -0.4 is 10.6 Å². The zero-order chi connectivity index (χ0) is 19.3. The molecule has 25 heavy (non-hydrogen) atoms. The zero-order valence-electron chi connectivity index (χ0n) is 17.0. The van der Waals surface area contributed by atoms with E-state index in [2.05, 4.69) is 52.2 Å². The van der Waals surface area contributed by atoms with E-state index in [1.807, 2.05) is 20.8 Å². The molecule has 2 amide bonds. The molecule has 0 aliphatic heterocycles. The summed E-state index contributed by atoms with van der Waals surface area (Å²) in [5.74, 6) is 0.234. The molecule has 1 aliphatic rings. The summed E-state index contributed by atoms with van der Waals surface area (Å²) in [7, 11) is 0. The van der Waals surface area contributed by atoms with Crippen molar-refractivity contribution in [3.8, 4) is 0 Å². The van der Waals surface area contributed by atoms with Crippen LogP contribution >= 0.6 is 11.3 Å². The second-order valence-corrected chi connectivity index (χ2v) is 10.1. The van der Waals surface area contributed by atoms with Crippen LogP contribution in [0.1, 0.15) is 69.3 Å². The maximum Gasteiger partial charge on any atom is 0.254 e. The first kappa shape index (κ1) is 20.0. The maximum atomic E-state index is 12.8. The molecular formula is C20H32N2O2S. The maximum absolute atomic E-state index is 12.8. The van der Waals surface area contributed by atoms with Crippen molar-refractivity contribution < 1.29 is 9.59 Å². The van der Waals surface area contributed by atoms with Gasteiger partial charge in [-0.25, -0.2) is 0 Å². The average Bonchev–Trinajstić information content (AvgIpc) is 2.70. The number of carbonyl (C=O) groups is 2. The summed E-state index contributed by atoms with van der Waals surface area (Å²) in [6, 6.07) is 0.0805. The predicted molar refractivity (Wildman–Crippen MR) is 105 cm³/mol. The minimum absolute atomic E-state index is 0.0159. The lowest BCUT2D eigenvalue weighted by Crippen LogP contribution is -2.36. The summed E-state index contributed by atoms with van der Waals surface area (Å²) >= 11 is 1.49. The van der Waals surface area contributed by atoms with Crippen LogP contribution in [0.5, 0.6) is 0 Å². The lowest BCUT2D eigenvalue weighted by Gasteiger charge is -2.18. The third-order valence-corrected chi connectivity index (χ3v) is 7.61. The number of carbonyl (C=O) groups excluding carboxylic acids is 2. The van der Waals surface area contributed by atoms with Crippen molar-refractivity contribution in [3.63, 3.8) is 0 Å². The Balaban J connectivity index is 2.24. The molecule has 0 aromatic carbocycles. The second kappa shape index (κ2) is 6.42. The molecule has 2 rings (SSSR count). The van der Waals surface area contributed by atoms with Crippen molar-refractivity contribution in [3.05, 3.63) is 16.0 Å². The Morgan fingerprint density at radius 3 is 2.00 bits per heavy atom. The molecule has 5 heteroatoms. The van der Waals surface area contributed by atoms with Crippen LogP contribution in [0, 0.1) is 36.5 Å². The monoisotopic (exact) mass is 364 g/mol. The number of nitrogens with one attached hydrogen (secondary N) is 2. The normalized spacial score (nSPS) is 19.6. The van der Waals surface area contributed by atoms with E-state index in [-0.39, 0.29) is 34.6 Å². The van der Waals surface area contributed by atoms with Gasteiger partial charge >= 0.3 is 0 Å². The van der Waals surface area contributed by atoms with Gasteiger partial charge in [-0.15, -0.1) is 11.3 Å².